The Labute approximate surface area is 92.9 Å². The smallest absolute Gasteiger partial charge is 0.109 e. The minimum Gasteiger partial charge on any atom is -0.269 e. The summed E-state index contributed by atoms with van der Waals surface area (Å²) in [5.41, 5.74) is 1.62. The van der Waals surface area contributed by atoms with Crippen molar-refractivity contribution < 1.29 is 4.39 Å². The van der Waals surface area contributed by atoms with Crippen molar-refractivity contribution in [3.8, 4) is 11.8 Å². The zero-order valence-electron chi connectivity index (χ0n) is 8.60. The van der Waals surface area contributed by atoms with Crippen LogP contribution < -0.4 is 0 Å². The summed E-state index contributed by atoms with van der Waals surface area (Å²) in [6, 6.07) is 3.71. The molecule has 16 heavy (non-hydrogen) atoms. The van der Waals surface area contributed by atoms with Gasteiger partial charge in [-0.15, -0.1) is 0 Å². The molecule has 0 saturated carbocycles. The summed E-state index contributed by atoms with van der Waals surface area (Å²) in [5, 5.41) is 3.98. The van der Waals surface area contributed by atoms with Gasteiger partial charge in [0.2, 0.25) is 0 Å². The molecule has 0 radical (unpaired) electrons. The first-order valence-corrected chi connectivity index (χ1v) is 4.89. The number of aryl methyl sites for hydroxylation is 1. The van der Waals surface area contributed by atoms with E-state index in [4.69, 9.17) is 0 Å². The highest BCUT2D eigenvalue weighted by molar-refractivity contribution is 5.39. The predicted molar refractivity (Wildman–Crippen MR) is 58.4 cm³/mol. The van der Waals surface area contributed by atoms with Crippen molar-refractivity contribution in [2.45, 2.75) is 6.54 Å². The third-order valence-corrected chi connectivity index (χ3v) is 1.96. The number of hydrogen-bond acceptors (Lipinski definition) is 2. The van der Waals surface area contributed by atoms with Crippen molar-refractivity contribution in [1.82, 2.24) is 14.8 Å². The van der Waals surface area contributed by atoms with Crippen LogP contribution in [0.2, 0.25) is 0 Å². The molecule has 0 aliphatic heterocycles. The van der Waals surface area contributed by atoms with Gasteiger partial charge < -0.3 is 0 Å². The first-order chi connectivity index (χ1) is 7.88. The fourth-order valence-electron chi connectivity index (χ4n) is 1.22. The number of nitrogens with zero attached hydrogens (tertiary/aromatic N) is 3. The Morgan fingerprint density at radius 2 is 2.12 bits per heavy atom. The van der Waals surface area contributed by atoms with E-state index in [9.17, 15) is 4.39 Å². The minimum atomic E-state index is -0.419. The third-order valence-electron chi connectivity index (χ3n) is 1.96. The number of pyridine rings is 1. The molecule has 0 aliphatic rings. The summed E-state index contributed by atoms with van der Waals surface area (Å²) < 4.78 is 13.6. The summed E-state index contributed by atoms with van der Waals surface area (Å²) >= 11 is 0. The van der Waals surface area contributed by atoms with Crippen molar-refractivity contribution in [2.24, 2.45) is 0 Å². The Morgan fingerprint density at radius 3 is 2.88 bits per heavy atom. The van der Waals surface area contributed by atoms with Crippen molar-refractivity contribution in [1.29, 1.82) is 0 Å². The lowest BCUT2D eigenvalue weighted by Crippen LogP contribution is -1.98. The van der Waals surface area contributed by atoms with E-state index in [0.29, 0.717) is 0 Å². The van der Waals surface area contributed by atoms with Crippen LogP contribution in [0.25, 0.3) is 0 Å². The van der Waals surface area contributed by atoms with Gasteiger partial charge in [0.1, 0.15) is 6.67 Å². The molecule has 0 aliphatic carbocycles. The highest BCUT2D eigenvalue weighted by atomic mass is 19.1. The summed E-state index contributed by atoms with van der Waals surface area (Å²) in [6.07, 6.45) is 6.74. The molecule has 3 nitrogen and oxygen atoms in total. The molecule has 0 unspecified atom stereocenters. The number of alkyl halides is 1. The molecular formula is C12H10FN3. The van der Waals surface area contributed by atoms with E-state index in [2.05, 4.69) is 21.9 Å². The van der Waals surface area contributed by atoms with Gasteiger partial charge in [0, 0.05) is 24.2 Å². The number of halogens is 1. The van der Waals surface area contributed by atoms with Gasteiger partial charge in [-0.3, -0.25) is 9.67 Å². The van der Waals surface area contributed by atoms with Crippen LogP contribution in [0.5, 0.6) is 0 Å². The van der Waals surface area contributed by atoms with Crippen LogP contribution in [0.1, 0.15) is 11.1 Å². The predicted octanol–water partition coefficient (Wildman–Crippen LogP) is 1.65. The quantitative estimate of drug-likeness (QED) is 0.713. The molecule has 0 N–H and O–H groups in total. The molecule has 0 amide bonds. The highest BCUT2D eigenvalue weighted by Gasteiger charge is 1.94. The van der Waals surface area contributed by atoms with Gasteiger partial charge >= 0.3 is 0 Å². The highest BCUT2D eigenvalue weighted by Crippen LogP contribution is 1.97. The SMILES string of the molecule is FCCn1cc(C#Cc2cccnc2)cn1. The van der Waals surface area contributed by atoms with Crippen molar-refractivity contribution in [3.05, 3.63) is 48.0 Å². The van der Waals surface area contributed by atoms with Crippen molar-refractivity contribution in [3.63, 3.8) is 0 Å². The Balaban J connectivity index is 2.12. The minimum absolute atomic E-state index is 0.272. The number of hydrogen-bond donors (Lipinski definition) is 0. The monoisotopic (exact) mass is 215 g/mol. The maximum Gasteiger partial charge on any atom is 0.109 e. The third kappa shape index (κ3) is 2.67. The maximum atomic E-state index is 12.0. The molecule has 0 spiro atoms. The van der Waals surface area contributed by atoms with Crippen LogP contribution in [0.3, 0.4) is 0 Å². The molecule has 4 heteroatoms. The lowest BCUT2D eigenvalue weighted by Gasteiger charge is -1.91. The molecule has 0 saturated heterocycles. The number of rotatable bonds is 2. The molecule has 80 valence electrons. The van der Waals surface area contributed by atoms with E-state index in [1.165, 1.54) is 4.68 Å². The molecule has 2 aromatic rings. The molecule has 0 bridgehead atoms. The topological polar surface area (TPSA) is 30.7 Å². The Hall–Kier alpha value is -2.15. The Kier molecular flexibility index (Phi) is 3.29. The van der Waals surface area contributed by atoms with Crippen LogP contribution in [0, 0.1) is 11.8 Å². The van der Waals surface area contributed by atoms with Crippen molar-refractivity contribution in [2.75, 3.05) is 6.67 Å². The second-order valence-electron chi connectivity index (χ2n) is 3.17. The van der Waals surface area contributed by atoms with Gasteiger partial charge in [-0.05, 0) is 12.1 Å². The van der Waals surface area contributed by atoms with Crippen LogP contribution in [0.15, 0.2) is 36.9 Å². The van der Waals surface area contributed by atoms with Gasteiger partial charge in [0.25, 0.3) is 0 Å². The zero-order chi connectivity index (χ0) is 11.2. The Morgan fingerprint density at radius 1 is 1.25 bits per heavy atom. The van der Waals surface area contributed by atoms with E-state index >= 15 is 0 Å². The van der Waals surface area contributed by atoms with E-state index in [0.717, 1.165) is 11.1 Å². The normalized spacial score (nSPS) is 9.56. The standard InChI is InChI=1S/C12H10FN3/c13-5-7-16-10-12(9-15-16)4-3-11-2-1-6-14-8-11/h1-2,6,8-10H,5,7H2. The fourth-order valence-corrected chi connectivity index (χ4v) is 1.22. The second kappa shape index (κ2) is 5.08. The lowest BCUT2D eigenvalue weighted by molar-refractivity contribution is 0.427. The first kappa shape index (κ1) is 10.4. The van der Waals surface area contributed by atoms with Gasteiger partial charge in [0.15, 0.2) is 0 Å². The second-order valence-corrected chi connectivity index (χ2v) is 3.17. The molecule has 0 atom stereocenters. The van der Waals surface area contributed by atoms with Crippen molar-refractivity contribution >= 4 is 0 Å². The van der Waals surface area contributed by atoms with Crippen LogP contribution in [0.4, 0.5) is 4.39 Å². The summed E-state index contributed by atoms with van der Waals surface area (Å²) in [4.78, 5) is 3.96. The lowest BCUT2D eigenvalue weighted by atomic mass is 10.2. The molecule has 2 rings (SSSR count). The molecule has 0 aromatic carbocycles. The van der Waals surface area contributed by atoms with Crippen LogP contribution in [-0.4, -0.2) is 21.4 Å². The van der Waals surface area contributed by atoms with Crippen LogP contribution in [-0.2, 0) is 6.54 Å². The van der Waals surface area contributed by atoms with Gasteiger partial charge in [-0.2, -0.15) is 5.10 Å². The van der Waals surface area contributed by atoms with E-state index in [1.807, 2.05) is 12.1 Å². The molecule has 2 heterocycles. The van der Waals surface area contributed by atoms with Gasteiger partial charge in [-0.1, -0.05) is 11.8 Å². The zero-order valence-corrected chi connectivity index (χ0v) is 8.60. The van der Waals surface area contributed by atoms with Gasteiger partial charge in [0.05, 0.1) is 18.3 Å². The summed E-state index contributed by atoms with van der Waals surface area (Å²) in [7, 11) is 0. The average molecular weight is 215 g/mol. The fraction of sp³-hybridized carbons (Fsp3) is 0.167. The van der Waals surface area contributed by atoms with E-state index < -0.39 is 6.67 Å². The maximum absolute atomic E-state index is 12.0. The molecular weight excluding hydrogens is 205 g/mol. The first-order valence-electron chi connectivity index (χ1n) is 4.89. The van der Waals surface area contributed by atoms with Crippen LogP contribution >= 0.6 is 0 Å². The summed E-state index contributed by atoms with van der Waals surface area (Å²) in [5.74, 6) is 5.90. The average Bonchev–Trinajstić information content (AvgIpc) is 2.76. The summed E-state index contributed by atoms with van der Waals surface area (Å²) in [6.45, 7) is -0.147. The molecule has 0 fully saturated rings. The molecule has 2 aromatic heterocycles. The van der Waals surface area contributed by atoms with E-state index in [1.54, 1.807) is 24.8 Å². The Bertz CT molecular complexity index is 508. The van der Waals surface area contributed by atoms with E-state index in [-0.39, 0.29) is 6.54 Å². The van der Waals surface area contributed by atoms with Gasteiger partial charge in [-0.25, -0.2) is 4.39 Å². The largest absolute Gasteiger partial charge is 0.269 e. The number of aromatic nitrogens is 3.